The smallest absolute Gasteiger partial charge is 0.0546 e. The summed E-state index contributed by atoms with van der Waals surface area (Å²) in [4.78, 5) is 0. The van der Waals surface area contributed by atoms with E-state index in [4.69, 9.17) is 0 Å². The molecule has 0 N–H and O–H groups in total. The maximum absolute atomic E-state index is 2.88. The minimum Gasteiger partial charge on any atom is -0.0689 e. The lowest BCUT2D eigenvalue weighted by molar-refractivity contribution is 0.154. The summed E-state index contributed by atoms with van der Waals surface area (Å²) in [5, 5.41) is 0. The van der Waals surface area contributed by atoms with Crippen LogP contribution in [0.1, 0.15) is 84.5 Å². The lowest BCUT2D eigenvalue weighted by Gasteiger charge is -2.48. The van der Waals surface area contributed by atoms with Crippen LogP contribution in [-0.2, 0) is 0 Å². The highest BCUT2D eigenvalue weighted by Gasteiger charge is 2.58. The minimum atomic E-state index is -1.22. The van der Waals surface area contributed by atoms with Crippen LogP contribution in [-0.4, -0.2) is 8.07 Å². The summed E-state index contributed by atoms with van der Waals surface area (Å²) in [6.07, 6.45) is 17.4. The summed E-state index contributed by atoms with van der Waals surface area (Å²) in [7, 11) is -1.22. The van der Waals surface area contributed by atoms with Crippen LogP contribution in [0.4, 0.5) is 0 Å². The van der Waals surface area contributed by atoms with Gasteiger partial charge in [-0.25, -0.2) is 0 Å². The Bertz CT molecular complexity index is 524. The molecule has 5 aliphatic rings. The van der Waals surface area contributed by atoms with Gasteiger partial charge in [0, 0.05) is 0 Å². The molecular weight excluding hydrogens is 328 g/mol. The molecular formula is C25H44Si. The van der Waals surface area contributed by atoms with Crippen molar-refractivity contribution in [1.29, 1.82) is 0 Å². The van der Waals surface area contributed by atoms with Crippen molar-refractivity contribution >= 4 is 8.07 Å². The molecule has 1 heteroatoms. The van der Waals surface area contributed by atoms with Crippen molar-refractivity contribution in [3.8, 4) is 0 Å². The van der Waals surface area contributed by atoms with Gasteiger partial charge in [-0.05, 0) is 84.1 Å². The summed E-state index contributed by atoms with van der Waals surface area (Å²) in [5.74, 6) is 8.88. The van der Waals surface area contributed by atoms with E-state index in [1.807, 2.05) is 0 Å². The van der Waals surface area contributed by atoms with Crippen molar-refractivity contribution < 1.29 is 0 Å². The SMILES string of the molecule is CC1CC2CCCCC2C1[Si](C)(C)C1C(C)CC2CC3CCCC3CC21. The van der Waals surface area contributed by atoms with E-state index in [2.05, 4.69) is 26.9 Å². The maximum Gasteiger partial charge on any atom is 0.0546 e. The predicted octanol–water partition coefficient (Wildman–Crippen LogP) is 7.76. The molecule has 10 unspecified atom stereocenters. The Morgan fingerprint density at radius 3 is 1.88 bits per heavy atom. The predicted molar refractivity (Wildman–Crippen MR) is 115 cm³/mol. The van der Waals surface area contributed by atoms with Crippen LogP contribution in [0.5, 0.6) is 0 Å². The molecule has 5 saturated carbocycles. The largest absolute Gasteiger partial charge is 0.0689 e. The second-order valence-corrected chi connectivity index (χ2v) is 17.3. The molecule has 0 saturated heterocycles. The average Bonchev–Trinajstić information content (AvgIpc) is 3.25. The van der Waals surface area contributed by atoms with Gasteiger partial charge in [0.1, 0.15) is 0 Å². The van der Waals surface area contributed by atoms with Crippen molar-refractivity contribution in [3.63, 3.8) is 0 Å². The molecule has 0 heterocycles. The van der Waals surface area contributed by atoms with Crippen molar-refractivity contribution in [2.75, 3.05) is 0 Å². The Morgan fingerprint density at radius 1 is 0.538 bits per heavy atom. The average molecular weight is 373 g/mol. The molecule has 0 aromatic rings. The first-order chi connectivity index (χ1) is 12.5. The first kappa shape index (κ1) is 18.3. The zero-order chi connectivity index (χ0) is 18.1. The van der Waals surface area contributed by atoms with Crippen LogP contribution in [0, 0.1) is 47.3 Å². The Morgan fingerprint density at radius 2 is 1.12 bits per heavy atom. The summed E-state index contributed by atoms with van der Waals surface area (Å²) in [6.45, 7) is 11.1. The molecule has 0 radical (unpaired) electrons. The van der Waals surface area contributed by atoms with E-state index >= 15 is 0 Å². The van der Waals surface area contributed by atoms with E-state index in [0.29, 0.717) is 0 Å². The fraction of sp³-hybridized carbons (Fsp3) is 1.00. The molecule has 0 bridgehead atoms. The van der Waals surface area contributed by atoms with Crippen molar-refractivity contribution in [1.82, 2.24) is 0 Å². The third-order valence-electron chi connectivity index (χ3n) is 10.8. The lowest BCUT2D eigenvalue weighted by Crippen LogP contribution is -2.47. The molecule has 0 aromatic carbocycles. The zero-order valence-electron chi connectivity index (χ0n) is 18.1. The second kappa shape index (κ2) is 6.63. The Labute approximate surface area is 164 Å². The van der Waals surface area contributed by atoms with Crippen molar-refractivity contribution in [2.24, 2.45) is 47.3 Å². The molecule has 5 rings (SSSR count). The standard InChI is InChI=1S/C25H44Si/c1-16-12-20-8-5-6-11-22(20)24(16)26(3,4)25-17(2)13-21-14-18-9-7-10-19(18)15-23(21)25/h16-25H,5-15H2,1-4H3. The van der Waals surface area contributed by atoms with E-state index in [0.717, 1.165) is 58.4 Å². The van der Waals surface area contributed by atoms with Gasteiger partial charge in [0.05, 0.1) is 8.07 Å². The van der Waals surface area contributed by atoms with E-state index in [1.165, 1.54) is 6.42 Å². The summed E-state index contributed by atoms with van der Waals surface area (Å²) in [5.41, 5.74) is 2.31. The normalized spacial score (nSPS) is 54.0. The number of hydrogen-bond donors (Lipinski definition) is 0. The monoisotopic (exact) mass is 372 g/mol. The quantitative estimate of drug-likeness (QED) is 0.434. The van der Waals surface area contributed by atoms with E-state index in [9.17, 15) is 0 Å². The summed E-state index contributed by atoms with van der Waals surface area (Å²) in [6, 6.07) is 0. The molecule has 10 atom stereocenters. The topological polar surface area (TPSA) is 0 Å². The molecule has 5 aliphatic carbocycles. The third kappa shape index (κ3) is 2.72. The van der Waals surface area contributed by atoms with Gasteiger partial charge in [-0.15, -0.1) is 0 Å². The Hall–Kier alpha value is 0.217. The molecule has 0 amide bonds. The summed E-state index contributed by atoms with van der Waals surface area (Å²) < 4.78 is 0. The summed E-state index contributed by atoms with van der Waals surface area (Å²) >= 11 is 0. The maximum atomic E-state index is 2.88. The van der Waals surface area contributed by atoms with Gasteiger partial charge in [0.15, 0.2) is 0 Å². The lowest BCUT2D eigenvalue weighted by atomic mass is 9.71. The highest BCUT2D eigenvalue weighted by molar-refractivity contribution is 6.80. The highest BCUT2D eigenvalue weighted by Crippen LogP contribution is 2.66. The van der Waals surface area contributed by atoms with Gasteiger partial charge in [-0.2, -0.15) is 0 Å². The fourth-order valence-electron chi connectivity index (χ4n) is 10.4. The fourth-order valence-corrected chi connectivity index (χ4v) is 17.1. The van der Waals surface area contributed by atoms with Crippen LogP contribution >= 0.6 is 0 Å². The minimum absolute atomic E-state index is 1.04. The Balaban J connectivity index is 1.41. The zero-order valence-corrected chi connectivity index (χ0v) is 19.1. The number of fused-ring (bicyclic) bond motifs is 3. The Kier molecular flexibility index (Phi) is 4.66. The molecule has 0 aliphatic heterocycles. The van der Waals surface area contributed by atoms with Crippen molar-refractivity contribution in [3.05, 3.63) is 0 Å². The van der Waals surface area contributed by atoms with Crippen LogP contribution in [0.3, 0.4) is 0 Å². The first-order valence-corrected chi connectivity index (χ1v) is 15.6. The van der Waals surface area contributed by atoms with E-state index in [-0.39, 0.29) is 0 Å². The van der Waals surface area contributed by atoms with Crippen LogP contribution in [0.15, 0.2) is 0 Å². The van der Waals surface area contributed by atoms with Gasteiger partial charge in [0.25, 0.3) is 0 Å². The van der Waals surface area contributed by atoms with Gasteiger partial charge < -0.3 is 0 Å². The van der Waals surface area contributed by atoms with Crippen LogP contribution < -0.4 is 0 Å². The highest BCUT2D eigenvalue weighted by atomic mass is 28.3. The molecule has 0 aromatic heterocycles. The van der Waals surface area contributed by atoms with E-state index < -0.39 is 8.07 Å². The van der Waals surface area contributed by atoms with E-state index in [1.54, 1.807) is 64.2 Å². The van der Waals surface area contributed by atoms with Crippen LogP contribution in [0.25, 0.3) is 0 Å². The van der Waals surface area contributed by atoms with Gasteiger partial charge in [0.2, 0.25) is 0 Å². The van der Waals surface area contributed by atoms with Gasteiger partial charge in [-0.1, -0.05) is 71.9 Å². The number of hydrogen-bond acceptors (Lipinski definition) is 0. The third-order valence-corrected chi connectivity index (χ3v) is 16.2. The molecule has 0 spiro atoms. The molecule has 5 fully saturated rings. The molecule has 26 heavy (non-hydrogen) atoms. The molecule has 0 nitrogen and oxygen atoms in total. The van der Waals surface area contributed by atoms with Crippen LogP contribution in [0.2, 0.25) is 24.2 Å². The molecule has 148 valence electrons. The van der Waals surface area contributed by atoms with Gasteiger partial charge in [-0.3, -0.25) is 0 Å². The van der Waals surface area contributed by atoms with Crippen molar-refractivity contribution in [2.45, 2.75) is 109 Å². The van der Waals surface area contributed by atoms with Gasteiger partial charge >= 0.3 is 0 Å². The number of rotatable bonds is 2. The first-order valence-electron chi connectivity index (χ1n) is 12.5. The second-order valence-electron chi connectivity index (χ2n) is 12.4.